The van der Waals surface area contributed by atoms with Gasteiger partial charge >= 0.3 is 0 Å². The Bertz CT molecular complexity index is 669. The van der Waals surface area contributed by atoms with Crippen molar-refractivity contribution in [1.29, 1.82) is 0 Å². The maximum atomic E-state index is 12.5. The van der Waals surface area contributed by atoms with E-state index in [0.717, 1.165) is 6.42 Å². The van der Waals surface area contributed by atoms with E-state index in [9.17, 15) is 13.2 Å². The standard InChI is InChI=1S/C15H20N2O3S/c1-14(2)11-3-6-15(14,13(18)9-11)10-21(19,20)17-12-4-7-16-8-5-12/h4-5,7-8,11H,3,6,9-10H2,1-2H3,(H,16,17)/t11-,15-/m0/s1. The van der Waals surface area contributed by atoms with Crippen LogP contribution < -0.4 is 4.72 Å². The van der Waals surface area contributed by atoms with Crippen LogP contribution in [0.3, 0.4) is 0 Å². The van der Waals surface area contributed by atoms with Crippen LogP contribution in [-0.4, -0.2) is 24.9 Å². The summed E-state index contributed by atoms with van der Waals surface area (Å²) in [6, 6.07) is 3.21. The van der Waals surface area contributed by atoms with Gasteiger partial charge in [-0.1, -0.05) is 13.8 Å². The monoisotopic (exact) mass is 308 g/mol. The first-order chi connectivity index (χ1) is 9.77. The average molecular weight is 308 g/mol. The van der Waals surface area contributed by atoms with Gasteiger partial charge in [0.05, 0.1) is 16.9 Å². The van der Waals surface area contributed by atoms with Gasteiger partial charge in [-0.25, -0.2) is 8.42 Å². The lowest BCUT2D eigenvalue weighted by Gasteiger charge is -2.36. The summed E-state index contributed by atoms with van der Waals surface area (Å²) in [5, 5.41) is 0. The number of Topliss-reactive ketones (excluding diaryl/α,β-unsaturated/α-hetero) is 1. The fraction of sp³-hybridized carbons (Fsp3) is 0.600. The number of hydrogen-bond acceptors (Lipinski definition) is 4. The highest BCUT2D eigenvalue weighted by molar-refractivity contribution is 7.92. The summed E-state index contributed by atoms with van der Waals surface area (Å²) in [7, 11) is -3.56. The van der Waals surface area contributed by atoms with Crippen molar-refractivity contribution in [3.05, 3.63) is 24.5 Å². The summed E-state index contributed by atoms with van der Waals surface area (Å²) < 4.78 is 27.5. The van der Waals surface area contributed by atoms with Crippen LogP contribution in [0.2, 0.25) is 0 Å². The number of aromatic nitrogens is 1. The minimum absolute atomic E-state index is 0.115. The van der Waals surface area contributed by atoms with Crippen LogP contribution in [0, 0.1) is 16.7 Å². The molecule has 2 bridgehead atoms. The number of nitrogens with zero attached hydrogens (tertiary/aromatic N) is 1. The third-order valence-corrected chi connectivity index (χ3v) is 6.95. The smallest absolute Gasteiger partial charge is 0.233 e. The van der Waals surface area contributed by atoms with Crippen molar-refractivity contribution in [3.63, 3.8) is 0 Å². The first-order valence-corrected chi connectivity index (χ1v) is 8.86. The van der Waals surface area contributed by atoms with Gasteiger partial charge in [0.1, 0.15) is 5.78 Å². The number of sulfonamides is 1. The first kappa shape index (κ1) is 14.5. The van der Waals surface area contributed by atoms with Crippen molar-refractivity contribution < 1.29 is 13.2 Å². The number of ketones is 1. The first-order valence-electron chi connectivity index (χ1n) is 7.21. The third-order valence-electron chi connectivity index (χ3n) is 5.53. The second kappa shape index (κ2) is 4.53. The van der Waals surface area contributed by atoms with E-state index in [2.05, 4.69) is 9.71 Å². The minimum atomic E-state index is -3.56. The lowest BCUT2D eigenvalue weighted by molar-refractivity contribution is -0.128. The molecule has 1 aromatic heterocycles. The number of hydrogen-bond donors (Lipinski definition) is 1. The molecule has 2 atom stereocenters. The molecule has 2 saturated carbocycles. The van der Waals surface area contributed by atoms with Crippen LogP contribution in [0.25, 0.3) is 0 Å². The SMILES string of the molecule is CC1(C)[C@H]2CC[C@]1(CS(=O)(=O)Nc1ccncc1)C(=O)C2. The van der Waals surface area contributed by atoms with Gasteiger partial charge in [-0.3, -0.25) is 14.5 Å². The summed E-state index contributed by atoms with van der Waals surface area (Å²) in [5.74, 6) is 0.315. The Morgan fingerprint density at radius 2 is 2.00 bits per heavy atom. The maximum Gasteiger partial charge on any atom is 0.233 e. The summed E-state index contributed by atoms with van der Waals surface area (Å²) >= 11 is 0. The average Bonchev–Trinajstić information content (AvgIpc) is 2.72. The minimum Gasteiger partial charge on any atom is -0.299 e. The van der Waals surface area contributed by atoms with Crippen molar-refractivity contribution in [2.75, 3.05) is 10.5 Å². The summed E-state index contributed by atoms with van der Waals surface area (Å²) in [6.45, 7) is 4.08. The van der Waals surface area contributed by atoms with E-state index in [-0.39, 0.29) is 17.0 Å². The second-order valence-electron chi connectivity index (χ2n) is 6.76. The normalized spacial score (nSPS) is 30.6. The maximum absolute atomic E-state index is 12.5. The van der Waals surface area contributed by atoms with Crippen molar-refractivity contribution in [1.82, 2.24) is 4.98 Å². The predicted octanol–water partition coefficient (Wildman–Crippen LogP) is 2.22. The number of anilines is 1. The Morgan fingerprint density at radius 1 is 1.33 bits per heavy atom. The van der Waals surface area contributed by atoms with E-state index in [1.807, 2.05) is 13.8 Å². The van der Waals surface area contributed by atoms with Crippen LogP contribution in [-0.2, 0) is 14.8 Å². The Kier molecular flexibility index (Phi) is 3.13. The highest BCUT2D eigenvalue weighted by atomic mass is 32.2. The number of carbonyl (C=O) groups excluding carboxylic acids is 1. The van der Waals surface area contributed by atoms with Gasteiger partial charge < -0.3 is 0 Å². The molecule has 21 heavy (non-hydrogen) atoms. The predicted molar refractivity (Wildman–Crippen MR) is 80.2 cm³/mol. The molecule has 0 amide bonds. The molecule has 0 radical (unpaired) electrons. The van der Waals surface area contributed by atoms with Crippen molar-refractivity contribution in [2.24, 2.45) is 16.7 Å². The van der Waals surface area contributed by atoms with Crippen LogP contribution in [0.15, 0.2) is 24.5 Å². The zero-order valence-electron chi connectivity index (χ0n) is 12.3. The Morgan fingerprint density at radius 3 is 2.52 bits per heavy atom. The van der Waals surface area contributed by atoms with Crippen LogP contribution >= 0.6 is 0 Å². The Balaban J connectivity index is 1.87. The molecule has 0 aliphatic heterocycles. The van der Waals surface area contributed by atoms with Gasteiger partial charge in [0.2, 0.25) is 10.0 Å². The molecule has 2 aliphatic carbocycles. The second-order valence-corrected chi connectivity index (χ2v) is 8.49. The topological polar surface area (TPSA) is 76.1 Å². The van der Waals surface area contributed by atoms with Crippen molar-refractivity contribution in [2.45, 2.75) is 33.1 Å². The molecule has 0 unspecified atom stereocenters. The summed E-state index contributed by atoms with van der Waals surface area (Å²) in [6.07, 6.45) is 5.22. The fourth-order valence-corrected chi connectivity index (χ4v) is 5.96. The van der Waals surface area contributed by atoms with Gasteiger partial charge in [0, 0.05) is 18.8 Å². The van der Waals surface area contributed by atoms with Gasteiger partial charge in [-0.15, -0.1) is 0 Å². The molecule has 114 valence electrons. The molecule has 3 rings (SSSR count). The molecular weight excluding hydrogens is 288 g/mol. The molecule has 1 aromatic rings. The van der Waals surface area contributed by atoms with E-state index in [1.165, 1.54) is 12.4 Å². The van der Waals surface area contributed by atoms with E-state index in [4.69, 9.17) is 0 Å². The Hall–Kier alpha value is -1.43. The van der Waals surface area contributed by atoms with Gasteiger partial charge in [0.25, 0.3) is 0 Å². The highest BCUT2D eigenvalue weighted by Crippen LogP contribution is 2.64. The molecule has 0 aromatic carbocycles. The molecule has 6 heteroatoms. The molecule has 1 N–H and O–H groups in total. The largest absolute Gasteiger partial charge is 0.299 e. The number of nitrogens with one attached hydrogen (secondary N) is 1. The van der Waals surface area contributed by atoms with Gasteiger partial charge in [-0.2, -0.15) is 0 Å². The molecule has 0 saturated heterocycles. The zero-order valence-corrected chi connectivity index (χ0v) is 13.1. The third kappa shape index (κ3) is 2.16. The van der Waals surface area contributed by atoms with Gasteiger partial charge in [0.15, 0.2) is 0 Å². The number of carbonyl (C=O) groups is 1. The molecule has 2 aliphatic rings. The molecule has 2 fully saturated rings. The molecule has 1 heterocycles. The van der Waals surface area contributed by atoms with Crippen molar-refractivity contribution >= 4 is 21.5 Å². The fourth-order valence-electron chi connectivity index (χ4n) is 4.07. The van der Waals surface area contributed by atoms with Crippen LogP contribution in [0.5, 0.6) is 0 Å². The zero-order chi connectivity index (χ0) is 15.3. The summed E-state index contributed by atoms with van der Waals surface area (Å²) in [4.78, 5) is 16.3. The quantitative estimate of drug-likeness (QED) is 0.925. The molecular formula is C15H20N2O3S. The van der Waals surface area contributed by atoms with E-state index in [1.54, 1.807) is 12.1 Å². The van der Waals surface area contributed by atoms with Crippen molar-refractivity contribution in [3.8, 4) is 0 Å². The van der Waals surface area contributed by atoms with E-state index >= 15 is 0 Å². The highest BCUT2D eigenvalue weighted by Gasteiger charge is 2.65. The number of pyridine rings is 1. The number of fused-ring (bicyclic) bond motifs is 2. The lowest BCUT2D eigenvalue weighted by Crippen LogP contribution is -2.43. The lowest BCUT2D eigenvalue weighted by atomic mass is 9.70. The van der Waals surface area contributed by atoms with Crippen LogP contribution in [0.1, 0.15) is 33.1 Å². The summed E-state index contributed by atoms with van der Waals surface area (Å²) in [5.41, 5.74) is -0.479. The van der Waals surface area contributed by atoms with E-state index in [0.29, 0.717) is 24.4 Å². The van der Waals surface area contributed by atoms with Gasteiger partial charge in [-0.05, 0) is 36.3 Å². The Labute approximate surface area is 125 Å². The molecule has 0 spiro atoms. The van der Waals surface area contributed by atoms with Crippen LogP contribution in [0.4, 0.5) is 5.69 Å². The number of rotatable bonds is 4. The van der Waals surface area contributed by atoms with E-state index < -0.39 is 15.4 Å². The molecule has 5 nitrogen and oxygen atoms in total.